The van der Waals surface area contributed by atoms with E-state index in [0.29, 0.717) is 0 Å². The van der Waals surface area contributed by atoms with Gasteiger partial charge in [-0.3, -0.25) is 0 Å². The smallest absolute Gasteiger partial charge is 0.0161 e. The van der Waals surface area contributed by atoms with Crippen molar-refractivity contribution in [3.63, 3.8) is 0 Å². The highest BCUT2D eigenvalue weighted by atomic mass is 15.2. The molecule has 0 aromatic rings. The lowest BCUT2D eigenvalue weighted by atomic mass is 10.0. The van der Waals surface area contributed by atoms with Crippen LogP contribution in [-0.2, 0) is 0 Å². The minimum Gasteiger partial charge on any atom is -0.0465 e. The summed E-state index contributed by atoms with van der Waals surface area (Å²) in [6, 6.07) is 0. The van der Waals surface area contributed by atoms with E-state index < -0.39 is 0 Å². The van der Waals surface area contributed by atoms with Crippen LogP contribution in [0.2, 0.25) is 0 Å². The second kappa shape index (κ2) is 2.47. The van der Waals surface area contributed by atoms with Gasteiger partial charge in [-0.25, -0.2) is 0 Å². The second-order valence-electron chi connectivity index (χ2n) is 18.8. The van der Waals surface area contributed by atoms with Gasteiger partial charge in [0.2, 0.25) is 0 Å². The summed E-state index contributed by atoms with van der Waals surface area (Å²) >= 11 is 0. The van der Waals surface area contributed by atoms with Gasteiger partial charge in [-0.1, -0.05) is 0 Å². The van der Waals surface area contributed by atoms with Gasteiger partial charge in [0.05, 0.1) is 0 Å². The molecule has 15 aliphatic rings. The SMILES string of the molecule is C1CC12C[C@]21C[C@]12C[C@]21C[C@]12C[C@]21C[C@@]12C[C@@]21C[C@]12C[C@]21C[C@]12C[C@]21C[C@]12CC21CC1. The van der Waals surface area contributed by atoms with Crippen LogP contribution in [0.25, 0.3) is 0 Å². The largest absolute Gasteiger partial charge is 0.0465 e. The zero-order chi connectivity index (χ0) is 19.0. The molecule has 0 heteroatoms. The van der Waals surface area contributed by atoms with E-state index in [1.165, 1.54) is 0 Å². The first kappa shape index (κ1) is 13.8. The summed E-state index contributed by atoms with van der Waals surface area (Å²) in [7, 11) is 0. The van der Waals surface area contributed by atoms with Crippen molar-refractivity contribution in [3.8, 4) is 0 Å². The standard InChI is InChI=1S/C31H34/c1-2-18(1)5-20(18)7-22(20)9-24(22)11-26(24)13-28(26)15-30(28)17-31(30)16-29(31)14-27(29)12-25(27)10-23(25)8-21(23)6-19(21)3-4-19/h1-17H2/t20-,21-,22-,23-,24-,25-,26-,27-,28-,29-,30+,31+/m0/s1. The Bertz CT molecular complexity index is 1230. The molecule has 15 saturated carbocycles. The van der Waals surface area contributed by atoms with Crippen LogP contribution >= 0.6 is 0 Å². The topological polar surface area (TPSA) is 0 Å². The molecule has 0 amide bonds. The van der Waals surface area contributed by atoms with E-state index in [1.807, 2.05) is 0 Å². The van der Waals surface area contributed by atoms with E-state index in [4.69, 9.17) is 0 Å². The van der Waals surface area contributed by atoms with Crippen LogP contribution in [0.15, 0.2) is 0 Å². The molecule has 0 unspecified atom stereocenters. The van der Waals surface area contributed by atoms with Gasteiger partial charge in [0.25, 0.3) is 0 Å². The van der Waals surface area contributed by atoms with Gasteiger partial charge in [-0.15, -0.1) is 0 Å². The molecule has 31 heavy (non-hydrogen) atoms. The lowest BCUT2D eigenvalue weighted by Crippen LogP contribution is -1.98. The number of hydrogen-bond acceptors (Lipinski definition) is 0. The molecule has 12 atom stereocenters. The highest BCUT2D eigenvalue weighted by Crippen LogP contribution is 3.27. The molecule has 14 spiro atoms. The maximum absolute atomic E-state index is 1.76. The van der Waals surface area contributed by atoms with Crippen LogP contribution in [0.3, 0.4) is 0 Å². The number of hydrogen-bond donors (Lipinski definition) is 0. The molecule has 0 nitrogen and oxygen atoms in total. The monoisotopic (exact) mass is 406 g/mol. The van der Waals surface area contributed by atoms with Crippen LogP contribution in [-0.4, -0.2) is 0 Å². The van der Waals surface area contributed by atoms with Crippen molar-refractivity contribution in [1.29, 1.82) is 0 Å². The fourth-order valence-electron chi connectivity index (χ4n) is 18.3. The molecule has 0 N–H and O–H groups in total. The average Bonchev–Trinajstić information content (AvgIpc) is 3.46. The third kappa shape index (κ3) is 0.734. The first-order chi connectivity index (χ1) is 14.9. The van der Waals surface area contributed by atoms with Crippen molar-refractivity contribution in [2.45, 2.75) is 109 Å². The molecule has 15 fully saturated rings. The van der Waals surface area contributed by atoms with Crippen molar-refractivity contribution in [2.75, 3.05) is 0 Å². The van der Waals surface area contributed by atoms with Gasteiger partial charge in [0.15, 0.2) is 0 Å². The normalized spacial score (nSPS) is 93.7. The number of rotatable bonds is 0. The van der Waals surface area contributed by atoms with E-state index in [2.05, 4.69) is 0 Å². The highest BCUT2D eigenvalue weighted by molar-refractivity contribution is 5.68. The Morgan fingerprint density at radius 3 is 0.581 bits per heavy atom. The van der Waals surface area contributed by atoms with Crippen LogP contribution < -0.4 is 0 Å². The Morgan fingerprint density at radius 2 is 0.387 bits per heavy atom. The predicted octanol–water partition coefficient (Wildman–Crippen LogP) is 6.63. The van der Waals surface area contributed by atoms with Crippen molar-refractivity contribution >= 4 is 0 Å². The summed E-state index contributed by atoms with van der Waals surface area (Å²) in [4.78, 5) is 0. The Balaban J connectivity index is 0.773. The third-order valence-electron chi connectivity index (χ3n) is 20.1. The average molecular weight is 407 g/mol. The van der Waals surface area contributed by atoms with E-state index in [1.54, 1.807) is 109 Å². The Labute approximate surface area is 185 Å². The molecule has 15 aliphatic carbocycles. The van der Waals surface area contributed by atoms with Gasteiger partial charge >= 0.3 is 0 Å². The van der Waals surface area contributed by atoms with E-state index in [9.17, 15) is 0 Å². The van der Waals surface area contributed by atoms with Gasteiger partial charge < -0.3 is 0 Å². The molecule has 0 bridgehead atoms. The molecule has 0 radical (unpaired) electrons. The van der Waals surface area contributed by atoms with Crippen molar-refractivity contribution in [3.05, 3.63) is 0 Å². The summed E-state index contributed by atoms with van der Waals surface area (Å²) in [5.74, 6) is 0. The lowest BCUT2D eigenvalue weighted by Gasteiger charge is -2.00. The van der Waals surface area contributed by atoms with E-state index in [-0.39, 0.29) is 0 Å². The third-order valence-corrected chi connectivity index (χ3v) is 20.1. The molecular weight excluding hydrogens is 372 g/mol. The molecule has 0 aromatic heterocycles. The maximum atomic E-state index is 1.76. The molecule has 15 rings (SSSR count). The summed E-state index contributed by atoms with van der Waals surface area (Å²) in [5, 5.41) is 0. The van der Waals surface area contributed by atoms with Crippen molar-refractivity contribution in [1.82, 2.24) is 0 Å². The van der Waals surface area contributed by atoms with Gasteiger partial charge in [0.1, 0.15) is 0 Å². The molecule has 158 valence electrons. The first-order valence-corrected chi connectivity index (χ1v) is 14.9. The molecule has 0 aromatic carbocycles. The zero-order valence-corrected chi connectivity index (χ0v) is 19.0. The molecule has 0 heterocycles. The number of fused-ring (bicyclic) bond motifs is 13. The summed E-state index contributed by atoms with van der Waals surface area (Å²) in [6.45, 7) is 0. The maximum Gasteiger partial charge on any atom is -0.0161 e. The zero-order valence-electron chi connectivity index (χ0n) is 19.0. The molecular formula is C31H34. The van der Waals surface area contributed by atoms with Gasteiger partial charge in [-0.05, 0) is 185 Å². The fraction of sp³-hybridized carbons (Fsp3) is 1.00. The predicted molar refractivity (Wildman–Crippen MR) is 113 cm³/mol. The molecule has 0 aliphatic heterocycles. The van der Waals surface area contributed by atoms with Crippen LogP contribution in [0.1, 0.15) is 109 Å². The van der Waals surface area contributed by atoms with Crippen LogP contribution in [0.5, 0.6) is 0 Å². The first-order valence-electron chi connectivity index (χ1n) is 14.9. The summed E-state index contributed by atoms with van der Waals surface area (Å²) in [5.41, 5.74) is 13.7. The summed E-state index contributed by atoms with van der Waals surface area (Å²) < 4.78 is 0. The Kier molecular flexibility index (Phi) is 1.10. The van der Waals surface area contributed by atoms with E-state index >= 15 is 0 Å². The second-order valence-corrected chi connectivity index (χ2v) is 18.8. The van der Waals surface area contributed by atoms with Gasteiger partial charge in [-0.2, -0.15) is 0 Å². The van der Waals surface area contributed by atoms with Gasteiger partial charge in [0, 0.05) is 0 Å². The lowest BCUT2D eigenvalue weighted by molar-refractivity contribution is 0.454. The summed E-state index contributed by atoms with van der Waals surface area (Å²) in [6.07, 6.45) is 29.3. The van der Waals surface area contributed by atoms with Crippen LogP contribution in [0.4, 0.5) is 0 Å². The quantitative estimate of drug-likeness (QED) is 0.423. The minimum absolute atomic E-state index is 0.976. The highest BCUT2D eigenvalue weighted by Gasteiger charge is 3.20. The van der Waals surface area contributed by atoms with Crippen molar-refractivity contribution < 1.29 is 0 Å². The Morgan fingerprint density at radius 1 is 0.194 bits per heavy atom. The Hall–Kier alpha value is 0. The van der Waals surface area contributed by atoms with Crippen molar-refractivity contribution in [2.24, 2.45) is 75.8 Å². The fourth-order valence-corrected chi connectivity index (χ4v) is 18.3. The minimum atomic E-state index is 0.976. The molecule has 0 saturated heterocycles. The van der Waals surface area contributed by atoms with E-state index in [0.717, 1.165) is 75.8 Å². The van der Waals surface area contributed by atoms with Crippen LogP contribution in [0, 0.1) is 75.8 Å².